The number of nitrogens with zero attached hydrogens (tertiary/aromatic N) is 1. The number of rotatable bonds is 9. The Morgan fingerprint density at radius 2 is 2.00 bits per heavy atom. The van der Waals surface area contributed by atoms with Crippen LogP contribution in [0.1, 0.15) is 20.8 Å². The second-order valence-electron chi connectivity index (χ2n) is 6.70. The van der Waals surface area contributed by atoms with E-state index >= 15 is 0 Å². The van der Waals surface area contributed by atoms with Crippen LogP contribution in [0.25, 0.3) is 10.9 Å². The molecule has 3 atom stereocenters. The van der Waals surface area contributed by atoms with E-state index in [9.17, 15) is 15.0 Å². The van der Waals surface area contributed by atoms with Crippen molar-refractivity contribution >= 4 is 28.2 Å². The van der Waals surface area contributed by atoms with Crippen LogP contribution in [-0.2, 0) is 14.4 Å². The summed E-state index contributed by atoms with van der Waals surface area (Å²) in [4.78, 5) is 20.3. The normalized spacial score (nSPS) is 15.6. The number of oxime groups is 1. The van der Waals surface area contributed by atoms with E-state index < -0.39 is 24.2 Å². The SMILES string of the molecule is CO[C@H](/C(=N/OCC(=O)Nc1ccc2[nH]ccc2c1)[C@@H](O)[C@@H](C)O)C(C)C. The minimum atomic E-state index is -1.25. The van der Waals surface area contributed by atoms with Crippen molar-refractivity contribution in [3.63, 3.8) is 0 Å². The average Bonchev–Trinajstić information content (AvgIpc) is 3.07. The monoisotopic (exact) mass is 377 g/mol. The third kappa shape index (κ3) is 5.53. The molecule has 148 valence electrons. The fourth-order valence-electron chi connectivity index (χ4n) is 2.75. The van der Waals surface area contributed by atoms with Crippen molar-refractivity contribution in [2.75, 3.05) is 19.0 Å². The van der Waals surface area contributed by atoms with E-state index in [0.29, 0.717) is 5.69 Å². The smallest absolute Gasteiger partial charge is 0.265 e. The Kier molecular flexibility index (Phi) is 7.35. The first-order valence-corrected chi connectivity index (χ1v) is 8.79. The third-order valence-electron chi connectivity index (χ3n) is 4.11. The maximum absolute atomic E-state index is 12.1. The lowest BCUT2D eigenvalue weighted by Gasteiger charge is -2.25. The molecule has 1 aromatic carbocycles. The molecule has 27 heavy (non-hydrogen) atoms. The third-order valence-corrected chi connectivity index (χ3v) is 4.11. The first-order chi connectivity index (χ1) is 12.8. The van der Waals surface area contributed by atoms with Crippen molar-refractivity contribution in [2.24, 2.45) is 11.1 Å². The molecule has 0 aliphatic heterocycles. The van der Waals surface area contributed by atoms with Gasteiger partial charge in [0.05, 0.1) is 6.10 Å². The fraction of sp³-hybridized carbons (Fsp3) is 0.474. The van der Waals surface area contributed by atoms with Crippen LogP contribution in [-0.4, -0.2) is 58.8 Å². The van der Waals surface area contributed by atoms with Crippen molar-refractivity contribution in [3.05, 3.63) is 30.5 Å². The van der Waals surface area contributed by atoms with Crippen LogP contribution >= 0.6 is 0 Å². The van der Waals surface area contributed by atoms with Gasteiger partial charge in [0.15, 0.2) is 6.61 Å². The van der Waals surface area contributed by atoms with Crippen molar-refractivity contribution in [1.82, 2.24) is 4.98 Å². The number of aromatic nitrogens is 1. The molecule has 1 heterocycles. The number of nitrogens with one attached hydrogen (secondary N) is 2. The van der Waals surface area contributed by atoms with Crippen LogP contribution in [0.2, 0.25) is 0 Å². The molecule has 2 aromatic rings. The zero-order chi connectivity index (χ0) is 20.0. The van der Waals surface area contributed by atoms with E-state index in [4.69, 9.17) is 9.57 Å². The van der Waals surface area contributed by atoms with Gasteiger partial charge in [-0.05, 0) is 37.1 Å². The average molecular weight is 377 g/mol. The van der Waals surface area contributed by atoms with E-state index in [1.165, 1.54) is 14.0 Å². The van der Waals surface area contributed by atoms with Gasteiger partial charge < -0.3 is 30.1 Å². The molecule has 0 aliphatic rings. The largest absolute Gasteiger partial charge is 0.390 e. The number of carbonyl (C=O) groups excluding carboxylic acids is 1. The second kappa shape index (κ2) is 9.50. The summed E-state index contributed by atoms with van der Waals surface area (Å²) in [6.07, 6.45) is -1.03. The van der Waals surface area contributed by atoms with Gasteiger partial charge >= 0.3 is 0 Å². The van der Waals surface area contributed by atoms with Gasteiger partial charge in [0.25, 0.3) is 5.91 Å². The number of anilines is 1. The van der Waals surface area contributed by atoms with Gasteiger partial charge in [-0.25, -0.2) is 0 Å². The maximum Gasteiger partial charge on any atom is 0.265 e. The Balaban J connectivity index is 2.01. The summed E-state index contributed by atoms with van der Waals surface area (Å²) in [7, 11) is 1.48. The molecule has 0 unspecified atom stereocenters. The lowest BCUT2D eigenvalue weighted by atomic mass is 9.96. The molecule has 4 N–H and O–H groups in total. The Hall–Kier alpha value is -2.42. The molecule has 0 spiro atoms. The van der Waals surface area contributed by atoms with E-state index in [1.807, 2.05) is 38.2 Å². The predicted molar refractivity (Wildman–Crippen MR) is 104 cm³/mol. The number of carbonyl (C=O) groups is 1. The van der Waals surface area contributed by atoms with Gasteiger partial charge in [-0.15, -0.1) is 0 Å². The minimum absolute atomic E-state index is 0.00680. The molecule has 0 fully saturated rings. The number of aliphatic hydroxyl groups is 2. The number of hydrogen-bond acceptors (Lipinski definition) is 6. The molecule has 0 aliphatic carbocycles. The Morgan fingerprint density at radius 3 is 2.63 bits per heavy atom. The number of amides is 1. The first kappa shape index (κ1) is 20.9. The van der Waals surface area contributed by atoms with Crippen molar-refractivity contribution in [1.29, 1.82) is 0 Å². The van der Waals surface area contributed by atoms with Gasteiger partial charge in [0.1, 0.15) is 17.9 Å². The molecule has 0 saturated heterocycles. The number of hydrogen-bond donors (Lipinski definition) is 4. The van der Waals surface area contributed by atoms with Gasteiger partial charge in [-0.2, -0.15) is 0 Å². The Labute approximate surface area is 158 Å². The zero-order valence-electron chi connectivity index (χ0n) is 16.0. The molecule has 8 nitrogen and oxygen atoms in total. The number of H-pyrrole nitrogens is 1. The number of fused-ring (bicyclic) bond motifs is 1. The van der Waals surface area contributed by atoms with Gasteiger partial charge in [0, 0.05) is 29.9 Å². The lowest BCUT2D eigenvalue weighted by molar-refractivity contribution is -0.120. The molecule has 8 heteroatoms. The molecule has 1 amide bonds. The van der Waals surface area contributed by atoms with Crippen LogP contribution in [0.4, 0.5) is 5.69 Å². The summed E-state index contributed by atoms with van der Waals surface area (Å²) < 4.78 is 5.35. The van der Waals surface area contributed by atoms with Gasteiger partial charge in [-0.1, -0.05) is 19.0 Å². The lowest BCUT2D eigenvalue weighted by Crippen LogP contribution is -2.42. The quantitative estimate of drug-likeness (QED) is 0.393. The summed E-state index contributed by atoms with van der Waals surface area (Å²) in [5.74, 6) is -0.398. The molecular formula is C19H27N3O5. The second-order valence-corrected chi connectivity index (χ2v) is 6.70. The van der Waals surface area contributed by atoms with E-state index in [1.54, 1.807) is 6.07 Å². The Bertz CT molecular complexity index is 784. The van der Waals surface area contributed by atoms with E-state index in [-0.39, 0.29) is 18.2 Å². The van der Waals surface area contributed by atoms with Gasteiger partial charge in [0.2, 0.25) is 0 Å². The highest BCUT2D eigenvalue weighted by Crippen LogP contribution is 2.18. The zero-order valence-corrected chi connectivity index (χ0v) is 16.0. The van der Waals surface area contributed by atoms with Crippen LogP contribution < -0.4 is 5.32 Å². The summed E-state index contributed by atoms with van der Waals surface area (Å²) in [5, 5.41) is 27.4. The molecule has 0 bridgehead atoms. The van der Waals surface area contributed by atoms with Crippen LogP contribution in [0.3, 0.4) is 0 Å². The first-order valence-electron chi connectivity index (χ1n) is 8.79. The number of aliphatic hydroxyl groups excluding tert-OH is 2. The van der Waals surface area contributed by atoms with Crippen LogP contribution in [0, 0.1) is 5.92 Å². The summed E-state index contributed by atoms with van der Waals surface area (Å²) in [5.41, 5.74) is 1.76. The van der Waals surface area contributed by atoms with Crippen molar-refractivity contribution < 1.29 is 24.6 Å². The molecule has 1 aromatic heterocycles. The number of ether oxygens (including phenoxy) is 1. The maximum atomic E-state index is 12.1. The van der Waals surface area contributed by atoms with Crippen molar-refractivity contribution in [3.8, 4) is 0 Å². The van der Waals surface area contributed by atoms with E-state index in [2.05, 4.69) is 15.5 Å². The Morgan fingerprint density at radius 1 is 1.26 bits per heavy atom. The summed E-state index contributed by atoms with van der Waals surface area (Å²) >= 11 is 0. The van der Waals surface area contributed by atoms with Crippen molar-refractivity contribution in [2.45, 2.75) is 39.1 Å². The summed E-state index contributed by atoms with van der Waals surface area (Å²) in [6.45, 7) is 4.89. The van der Waals surface area contributed by atoms with Crippen LogP contribution in [0.15, 0.2) is 35.6 Å². The van der Waals surface area contributed by atoms with Crippen LogP contribution in [0.5, 0.6) is 0 Å². The number of aromatic amines is 1. The van der Waals surface area contributed by atoms with Gasteiger partial charge in [-0.3, -0.25) is 4.79 Å². The highest BCUT2D eigenvalue weighted by Gasteiger charge is 2.29. The number of benzene rings is 1. The predicted octanol–water partition coefficient (Wildman–Crippen LogP) is 1.89. The summed E-state index contributed by atoms with van der Waals surface area (Å²) in [6, 6.07) is 7.40. The number of methoxy groups -OCH3 is 1. The minimum Gasteiger partial charge on any atom is -0.390 e. The highest BCUT2D eigenvalue weighted by molar-refractivity contribution is 5.95. The topological polar surface area (TPSA) is 116 Å². The highest BCUT2D eigenvalue weighted by atomic mass is 16.6. The molecule has 2 rings (SSSR count). The molecular weight excluding hydrogens is 350 g/mol. The molecule has 0 radical (unpaired) electrons. The standard InChI is InChI=1S/C19H27N3O5/c1-11(2)19(26-4)17(18(25)12(3)23)22-27-10-16(24)21-14-5-6-15-13(9-14)7-8-20-15/h5-9,11-12,18-20,23,25H,10H2,1-4H3,(H,21,24)/b22-17+/t12-,18+,19+/m1/s1. The fourth-order valence-corrected chi connectivity index (χ4v) is 2.75. The molecule has 0 saturated carbocycles. The van der Waals surface area contributed by atoms with E-state index in [0.717, 1.165) is 10.9 Å².